The van der Waals surface area contributed by atoms with Gasteiger partial charge in [-0.2, -0.15) is 4.98 Å². The Kier molecular flexibility index (Phi) is 5.36. The Morgan fingerprint density at radius 3 is 2.95 bits per heavy atom. The van der Waals surface area contributed by atoms with Crippen LogP contribution in [0.3, 0.4) is 0 Å². The summed E-state index contributed by atoms with van der Waals surface area (Å²) in [4.78, 5) is 5.53. The molecule has 0 amide bonds. The van der Waals surface area contributed by atoms with Crippen molar-refractivity contribution < 1.29 is 4.52 Å². The predicted octanol–water partition coefficient (Wildman–Crippen LogP) is 3.15. The quantitative estimate of drug-likeness (QED) is 0.942. The topological polar surface area (TPSA) is 51.0 Å². The summed E-state index contributed by atoms with van der Waals surface area (Å²) in [5.74, 6) is 2.31. The Balaban J connectivity index is 0.00000133. The summed E-state index contributed by atoms with van der Waals surface area (Å²) in [7, 11) is 0. The molecule has 1 N–H and O–H groups in total. The minimum atomic E-state index is 0. The smallest absolute Gasteiger partial charge is 0.226 e. The fourth-order valence-corrected chi connectivity index (χ4v) is 3.01. The lowest BCUT2D eigenvalue weighted by Crippen LogP contribution is -2.27. The molecule has 0 radical (unpaired) electrons. The fraction of sp³-hybridized carbons (Fsp3) is 0.538. The van der Waals surface area contributed by atoms with Crippen LogP contribution in [0.25, 0.3) is 10.7 Å². The second-order valence-electron chi connectivity index (χ2n) is 4.72. The molecule has 1 aliphatic heterocycles. The van der Waals surface area contributed by atoms with Gasteiger partial charge in [0.25, 0.3) is 0 Å². The van der Waals surface area contributed by atoms with E-state index in [2.05, 4.69) is 15.5 Å². The SMILES string of the molecule is Cl.c1csc(-c2noc(CCC3CCNCC3)n2)c1. The number of aromatic nitrogens is 2. The molecule has 2 aromatic rings. The molecule has 1 fully saturated rings. The van der Waals surface area contributed by atoms with Gasteiger partial charge in [0.2, 0.25) is 11.7 Å². The summed E-state index contributed by atoms with van der Waals surface area (Å²) in [5, 5.41) is 9.45. The first kappa shape index (κ1) is 14.5. The third-order valence-electron chi connectivity index (χ3n) is 3.43. The molecule has 0 bridgehead atoms. The van der Waals surface area contributed by atoms with E-state index in [1.54, 1.807) is 11.3 Å². The number of rotatable bonds is 4. The Bertz CT molecular complexity index is 480. The molecule has 0 atom stereocenters. The summed E-state index contributed by atoms with van der Waals surface area (Å²) < 4.78 is 5.31. The van der Waals surface area contributed by atoms with E-state index in [1.807, 2.05) is 17.5 Å². The zero-order valence-corrected chi connectivity index (χ0v) is 12.3. The molecular weight excluding hydrogens is 282 g/mol. The Morgan fingerprint density at radius 1 is 1.37 bits per heavy atom. The van der Waals surface area contributed by atoms with Crippen LogP contribution in [0.15, 0.2) is 22.0 Å². The van der Waals surface area contributed by atoms with Crippen molar-refractivity contribution in [3.63, 3.8) is 0 Å². The largest absolute Gasteiger partial charge is 0.339 e. The number of hydrogen-bond donors (Lipinski definition) is 1. The van der Waals surface area contributed by atoms with Gasteiger partial charge in [0.1, 0.15) is 0 Å². The molecule has 1 aliphatic rings. The normalized spacial score (nSPS) is 16.2. The van der Waals surface area contributed by atoms with Crippen molar-refractivity contribution in [2.45, 2.75) is 25.7 Å². The zero-order chi connectivity index (χ0) is 12.2. The highest BCUT2D eigenvalue weighted by atomic mass is 35.5. The predicted molar refractivity (Wildman–Crippen MR) is 78.8 cm³/mol. The lowest BCUT2D eigenvalue weighted by Gasteiger charge is -2.21. The Labute approximate surface area is 123 Å². The van der Waals surface area contributed by atoms with E-state index in [0.29, 0.717) is 0 Å². The van der Waals surface area contributed by atoms with E-state index < -0.39 is 0 Å². The van der Waals surface area contributed by atoms with Gasteiger partial charge >= 0.3 is 0 Å². The monoisotopic (exact) mass is 299 g/mol. The van der Waals surface area contributed by atoms with Crippen LogP contribution >= 0.6 is 23.7 Å². The molecule has 0 saturated carbocycles. The standard InChI is InChI=1S/C13H17N3OS.ClH/c1-2-11(18-9-1)13-15-12(17-16-13)4-3-10-5-7-14-8-6-10;/h1-2,9-10,14H,3-8H2;1H. The molecule has 4 nitrogen and oxygen atoms in total. The lowest BCUT2D eigenvalue weighted by molar-refractivity contribution is 0.324. The van der Waals surface area contributed by atoms with Crippen LogP contribution in [0.5, 0.6) is 0 Å². The van der Waals surface area contributed by atoms with Gasteiger partial charge in [-0.3, -0.25) is 0 Å². The van der Waals surface area contributed by atoms with E-state index in [9.17, 15) is 0 Å². The van der Waals surface area contributed by atoms with Crippen LogP contribution in [-0.2, 0) is 6.42 Å². The average molecular weight is 300 g/mol. The van der Waals surface area contributed by atoms with Crippen LogP contribution in [0, 0.1) is 5.92 Å². The molecule has 0 aromatic carbocycles. The number of piperidine rings is 1. The number of hydrogen-bond acceptors (Lipinski definition) is 5. The zero-order valence-electron chi connectivity index (χ0n) is 10.7. The van der Waals surface area contributed by atoms with Crippen LogP contribution in [0.4, 0.5) is 0 Å². The lowest BCUT2D eigenvalue weighted by atomic mass is 9.93. The highest BCUT2D eigenvalue weighted by molar-refractivity contribution is 7.13. The number of thiophene rings is 1. The van der Waals surface area contributed by atoms with Gasteiger partial charge in [-0.25, -0.2) is 0 Å². The van der Waals surface area contributed by atoms with E-state index in [1.165, 1.54) is 12.8 Å². The maximum Gasteiger partial charge on any atom is 0.226 e. The Morgan fingerprint density at radius 2 is 2.21 bits per heavy atom. The second-order valence-corrected chi connectivity index (χ2v) is 5.67. The molecular formula is C13H18ClN3OS. The summed E-state index contributed by atoms with van der Waals surface area (Å²) >= 11 is 1.64. The average Bonchev–Trinajstić information content (AvgIpc) is 3.08. The maximum absolute atomic E-state index is 5.31. The third-order valence-corrected chi connectivity index (χ3v) is 4.30. The van der Waals surface area contributed by atoms with Crippen molar-refractivity contribution in [3.05, 3.63) is 23.4 Å². The first-order valence-corrected chi connectivity index (χ1v) is 7.37. The number of nitrogens with zero attached hydrogens (tertiary/aromatic N) is 2. The van der Waals surface area contributed by atoms with Gasteiger partial charge in [0.15, 0.2) is 0 Å². The van der Waals surface area contributed by atoms with Crippen molar-refractivity contribution in [2.24, 2.45) is 5.92 Å². The highest BCUT2D eigenvalue weighted by Crippen LogP contribution is 2.23. The van der Waals surface area contributed by atoms with Gasteiger partial charge in [0, 0.05) is 6.42 Å². The van der Waals surface area contributed by atoms with E-state index >= 15 is 0 Å². The second kappa shape index (κ2) is 7.03. The van der Waals surface area contributed by atoms with Crippen molar-refractivity contribution in [3.8, 4) is 10.7 Å². The van der Waals surface area contributed by atoms with Crippen LogP contribution in [0.2, 0.25) is 0 Å². The molecule has 2 aromatic heterocycles. The third kappa shape index (κ3) is 3.78. The van der Waals surface area contributed by atoms with Crippen molar-refractivity contribution in [1.82, 2.24) is 15.5 Å². The van der Waals surface area contributed by atoms with Crippen LogP contribution in [-0.4, -0.2) is 23.2 Å². The molecule has 104 valence electrons. The number of aryl methyl sites for hydroxylation is 1. The summed E-state index contributed by atoms with van der Waals surface area (Å²) in [6.45, 7) is 2.30. The molecule has 19 heavy (non-hydrogen) atoms. The van der Waals surface area contributed by atoms with E-state index in [-0.39, 0.29) is 12.4 Å². The van der Waals surface area contributed by atoms with E-state index in [0.717, 1.165) is 48.4 Å². The molecule has 1 saturated heterocycles. The minimum Gasteiger partial charge on any atom is -0.339 e. The van der Waals surface area contributed by atoms with Gasteiger partial charge in [-0.1, -0.05) is 11.2 Å². The van der Waals surface area contributed by atoms with Gasteiger partial charge < -0.3 is 9.84 Å². The Hall–Kier alpha value is -0.910. The fourth-order valence-electron chi connectivity index (χ4n) is 2.36. The van der Waals surface area contributed by atoms with Crippen molar-refractivity contribution >= 4 is 23.7 Å². The van der Waals surface area contributed by atoms with Crippen LogP contribution in [0.1, 0.15) is 25.2 Å². The van der Waals surface area contributed by atoms with Crippen molar-refractivity contribution in [1.29, 1.82) is 0 Å². The molecule has 0 aliphatic carbocycles. The molecule has 6 heteroatoms. The summed E-state index contributed by atoms with van der Waals surface area (Å²) in [6, 6.07) is 4.02. The molecule has 0 unspecified atom stereocenters. The summed E-state index contributed by atoms with van der Waals surface area (Å²) in [5.41, 5.74) is 0. The first-order valence-electron chi connectivity index (χ1n) is 6.49. The maximum atomic E-state index is 5.31. The first-order chi connectivity index (χ1) is 8.92. The van der Waals surface area contributed by atoms with Gasteiger partial charge in [0.05, 0.1) is 4.88 Å². The summed E-state index contributed by atoms with van der Waals surface area (Å²) in [6.07, 6.45) is 4.61. The van der Waals surface area contributed by atoms with Crippen LogP contribution < -0.4 is 5.32 Å². The molecule has 3 rings (SSSR count). The van der Waals surface area contributed by atoms with Crippen molar-refractivity contribution in [2.75, 3.05) is 13.1 Å². The molecule has 0 spiro atoms. The van der Waals surface area contributed by atoms with Gasteiger partial charge in [-0.05, 0) is 49.7 Å². The van der Waals surface area contributed by atoms with E-state index in [4.69, 9.17) is 4.52 Å². The number of halogens is 1. The van der Waals surface area contributed by atoms with Gasteiger partial charge in [-0.15, -0.1) is 23.7 Å². The molecule has 3 heterocycles. The minimum absolute atomic E-state index is 0. The number of nitrogens with one attached hydrogen (secondary N) is 1. The highest BCUT2D eigenvalue weighted by Gasteiger charge is 2.15.